The minimum absolute atomic E-state index is 0.0703. The van der Waals surface area contributed by atoms with Gasteiger partial charge in [-0.2, -0.15) is 0 Å². The molecule has 0 bridgehead atoms. The van der Waals surface area contributed by atoms with Crippen molar-refractivity contribution in [2.24, 2.45) is 0 Å². The molecule has 0 atom stereocenters. The molecule has 0 fully saturated rings. The number of hydrogen-bond donors (Lipinski definition) is 1. The van der Waals surface area contributed by atoms with E-state index >= 15 is 0 Å². The molecule has 106 valence electrons. The van der Waals surface area contributed by atoms with Crippen LogP contribution in [0.25, 0.3) is 10.2 Å². The van der Waals surface area contributed by atoms with Crippen LogP contribution in [0.15, 0.2) is 53.4 Å². The number of hydrogen-bond acceptors (Lipinski definition) is 4. The fourth-order valence-corrected chi connectivity index (χ4v) is 3.69. The lowest BCUT2D eigenvalue weighted by atomic mass is 10.3. The average molecular weight is 335 g/mol. The van der Waals surface area contributed by atoms with Crippen LogP contribution in [-0.4, -0.2) is 16.6 Å². The van der Waals surface area contributed by atoms with Crippen molar-refractivity contribution in [1.82, 2.24) is 4.98 Å². The SMILES string of the molecule is O=C(CSc1ccccc1)Nc1nc2c(Cl)cccc2s1. The molecule has 3 aromatic rings. The number of fused-ring (bicyclic) bond motifs is 1. The van der Waals surface area contributed by atoms with Gasteiger partial charge in [0.1, 0.15) is 5.52 Å². The van der Waals surface area contributed by atoms with Crippen LogP contribution >= 0.6 is 34.7 Å². The monoisotopic (exact) mass is 334 g/mol. The molecule has 3 nitrogen and oxygen atoms in total. The van der Waals surface area contributed by atoms with Gasteiger partial charge in [0.25, 0.3) is 0 Å². The lowest BCUT2D eigenvalue weighted by Crippen LogP contribution is -2.13. The number of carbonyl (C=O) groups excluding carboxylic acids is 1. The predicted octanol–water partition coefficient (Wildman–Crippen LogP) is 4.68. The second-order valence-electron chi connectivity index (χ2n) is 4.26. The minimum atomic E-state index is -0.0703. The lowest BCUT2D eigenvalue weighted by molar-refractivity contribution is -0.113. The van der Waals surface area contributed by atoms with E-state index < -0.39 is 0 Å². The first-order valence-electron chi connectivity index (χ1n) is 6.25. The second kappa shape index (κ2) is 6.47. The third kappa shape index (κ3) is 3.56. The van der Waals surface area contributed by atoms with Gasteiger partial charge in [-0.15, -0.1) is 11.8 Å². The smallest absolute Gasteiger partial charge is 0.236 e. The molecule has 0 aliphatic rings. The number of thioether (sulfide) groups is 1. The quantitative estimate of drug-likeness (QED) is 0.704. The molecule has 1 heterocycles. The number of nitrogens with zero attached hydrogens (tertiary/aromatic N) is 1. The summed E-state index contributed by atoms with van der Waals surface area (Å²) in [7, 11) is 0. The van der Waals surface area contributed by atoms with E-state index in [1.54, 1.807) is 6.07 Å². The van der Waals surface area contributed by atoms with Crippen LogP contribution in [0.4, 0.5) is 5.13 Å². The Balaban J connectivity index is 1.65. The highest BCUT2D eigenvalue weighted by molar-refractivity contribution is 8.00. The van der Waals surface area contributed by atoms with Crippen LogP contribution in [0, 0.1) is 0 Å². The summed E-state index contributed by atoms with van der Waals surface area (Å²) < 4.78 is 0.966. The molecule has 1 amide bonds. The molecule has 2 aromatic carbocycles. The molecule has 0 spiro atoms. The number of benzene rings is 2. The number of thiazole rings is 1. The van der Waals surface area contributed by atoms with E-state index in [2.05, 4.69) is 10.3 Å². The van der Waals surface area contributed by atoms with Crippen molar-refractivity contribution >= 4 is 56.0 Å². The van der Waals surface area contributed by atoms with Gasteiger partial charge in [-0.25, -0.2) is 4.98 Å². The van der Waals surface area contributed by atoms with E-state index in [1.807, 2.05) is 42.5 Å². The number of aromatic nitrogens is 1. The fraction of sp³-hybridized carbons (Fsp3) is 0.0667. The van der Waals surface area contributed by atoms with Crippen LogP contribution in [0.3, 0.4) is 0 Å². The van der Waals surface area contributed by atoms with E-state index in [1.165, 1.54) is 23.1 Å². The molecular formula is C15H11ClN2OS2. The van der Waals surface area contributed by atoms with E-state index in [4.69, 9.17) is 11.6 Å². The molecule has 0 aliphatic heterocycles. The van der Waals surface area contributed by atoms with Gasteiger partial charge in [0.2, 0.25) is 5.91 Å². The largest absolute Gasteiger partial charge is 0.301 e. The summed E-state index contributed by atoms with van der Waals surface area (Å²) in [5.74, 6) is 0.284. The molecule has 0 aliphatic carbocycles. The Morgan fingerprint density at radius 3 is 2.76 bits per heavy atom. The van der Waals surface area contributed by atoms with Gasteiger partial charge in [-0.3, -0.25) is 4.79 Å². The van der Waals surface area contributed by atoms with Crippen molar-refractivity contribution in [1.29, 1.82) is 0 Å². The number of rotatable bonds is 4. The number of anilines is 1. The Kier molecular flexibility index (Phi) is 4.43. The van der Waals surface area contributed by atoms with Crippen LogP contribution in [0.2, 0.25) is 5.02 Å². The summed E-state index contributed by atoms with van der Waals surface area (Å²) in [6, 6.07) is 15.4. The summed E-state index contributed by atoms with van der Waals surface area (Å²) >= 11 is 9.00. The van der Waals surface area contributed by atoms with Crippen LogP contribution in [0.1, 0.15) is 0 Å². The van der Waals surface area contributed by atoms with Gasteiger partial charge < -0.3 is 5.32 Å². The van der Waals surface area contributed by atoms with E-state index in [-0.39, 0.29) is 5.91 Å². The first-order valence-corrected chi connectivity index (χ1v) is 8.43. The summed E-state index contributed by atoms with van der Waals surface area (Å²) in [4.78, 5) is 17.4. The van der Waals surface area contributed by atoms with Gasteiger partial charge in [-0.1, -0.05) is 47.2 Å². The zero-order valence-electron chi connectivity index (χ0n) is 10.9. The Labute approximate surface area is 135 Å². The zero-order chi connectivity index (χ0) is 14.7. The molecule has 0 unspecified atom stereocenters. The van der Waals surface area contributed by atoms with Crippen molar-refractivity contribution in [2.75, 3.05) is 11.1 Å². The first kappa shape index (κ1) is 14.4. The molecular weight excluding hydrogens is 324 g/mol. The number of halogens is 1. The maximum absolute atomic E-state index is 11.9. The molecule has 0 saturated carbocycles. The molecule has 6 heteroatoms. The van der Waals surface area contributed by atoms with Crippen molar-refractivity contribution in [3.63, 3.8) is 0 Å². The van der Waals surface area contributed by atoms with Gasteiger partial charge in [0, 0.05) is 4.90 Å². The fourth-order valence-electron chi connectivity index (χ4n) is 1.79. The van der Waals surface area contributed by atoms with Crippen LogP contribution in [0.5, 0.6) is 0 Å². The summed E-state index contributed by atoms with van der Waals surface area (Å²) in [5, 5.41) is 4.00. The topological polar surface area (TPSA) is 42.0 Å². The summed E-state index contributed by atoms with van der Waals surface area (Å²) in [6.07, 6.45) is 0. The zero-order valence-corrected chi connectivity index (χ0v) is 13.3. The average Bonchev–Trinajstić information content (AvgIpc) is 2.90. The van der Waals surface area contributed by atoms with Gasteiger partial charge >= 0.3 is 0 Å². The number of nitrogens with one attached hydrogen (secondary N) is 1. The van der Waals surface area contributed by atoms with E-state index in [0.717, 1.165) is 15.1 Å². The second-order valence-corrected chi connectivity index (χ2v) is 6.74. The van der Waals surface area contributed by atoms with Crippen molar-refractivity contribution in [3.8, 4) is 0 Å². The molecule has 21 heavy (non-hydrogen) atoms. The van der Waals surface area contributed by atoms with Crippen molar-refractivity contribution in [3.05, 3.63) is 53.6 Å². The van der Waals surface area contributed by atoms with E-state index in [0.29, 0.717) is 15.9 Å². The van der Waals surface area contributed by atoms with E-state index in [9.17, 15) is 4.79 Å². The van der Waals surface area contributed by atoms with Crippen LogP contribution < -0.4 is 5.32 Å². The Bertz CT molecular complexity index is 774. The molecule has 0 saturated heterocycles. The first-order chi connectivity index (χ1) is 10.2. The van der Waals surface area contributed by atoms with Crippen molar-refractivity contribution in [2.45, 2.75) is 4.90 Å². The molecule has 0 radical (unpaired) electrons. The third-order valence-electron chi connectivity index (χ3n) is 2.73. The predicted molar refractivity (Wildman–Crippen MR) is 90.4 cm³/mol. The molecule has 3 rings (SSSR count). The minimum Gasteiger partial charge on any atom is -0.301 e. The number of para-hydroxylation sites is 1. The standard InChI is InChI=1S/C15H11ClN2OS2/c16-11-7-4-8-12-14(11)18-15(21-12)17-13(19)9-20-10-5-2-1-3-6-10/h1-8H,9H2,(H,17,18,19). The molecule has 1 N–H and O–H groups in total. The highest BCUT2D eigenvalue weighted by Gasteiger charge is 2.10. The third-order valence-corrected chi connectivity index (χ3v) is 4.98. The molecule has 1 aromatic heterocycles. The van der Waals surface area contributed by atoms with Gasteiger partial charge in [0.15, 0.2) is 5.13 Å². The summed E-state index contributed by atoms with van der Waals surface area (Å²) in [6.45, 7) is 0. The Morgan fingerprint density at radius 2 is 2.00 bits per heavy atom. The van der Waals surface area contributed by atoms with Crippen molar-refractivity contribution < 1.29 is 4.79 Å². The lowest BCUT2D eigenvalue weighted by Gasteiger charge is -2.01. The number of carbonyl (C=O) groups is 1. The van der Waals surface area contributed by atoms with Gasteiger partial charge in [0.05, 0.1) is 15.5 Å². The normalized spacial score (nSPS) is 10.7. The maximum Gasteiger partial charge on any atom is 0.236 e. The Hall–Kier alpha value is -1.56. The Morgan fingerprint density at radius 1 is 1.19 bits per heavy atom. The number of amides is 1. The van der Waals surface area contributed by atoms with Crippen LogP contribution in [-0.2, 0) is 4.79 Å². The summed E-state index contributed by atoms with van der Waals surface area (Å²) in [5.41, 5.74) is 0.732. The highest BCUT2D eigenvalue weighted by Crippen LogP contribution is 2.30. The van der Waals surface area contributed by atoms with Gasteiger partial charge in [-0.05, 0) is 24.3 Å². The maximum atomic E-state index is 11.9. The highest BCUT2D eigenvalue weighted by atomic mass is 35.5.